The monoisotopic (exact) mass is 476 g/mol. The van der Waals surface area contributed by atoms with Crippen molar-refractivity contribution >= 4 is 28.5 Å². The topological polar surface area (TPSA) is 115 Å². The smallest absolute Gasteiger partial charge is 0.255 e. The Morgan fingerprint density at radius 3 is 2.51 bits per heavy atom. The molecule has 1 aliphatic carbocycles. The van der Waals surface area contributed by atoms with E-state index in [1.807, 2.05) is 11.6 Å². The van der Waals surface area contributed by atoms with Crippen LogP contribution in [0.5, 0.6) is 0 Å². The van der Waals surface area contributed by atoms with Crippen molar-refractivity contribution in [3.63, 3.8) is 0 Å². The van der Waals surface area contributed by atoms with Gasteiger partial charge in [-0.05, 0) is 64.0 Å². The molecule has 8 nitrogen and oxygen atoms in total. The van der Waals surface area contributed by atoms with Gasteiger partial charge in [0.05, 0.1) is 28.9 Å². The Morgan fingerprint density at radius 2 is 1.89 bits per heavy atom. The highest BCUT2D eigenvalue weighted by molar-refractivity contribution is 6.06. The Morgan fingerprint density at radius 1 is 1.14 bits per heavy atom. The molecule has 1 aromatic carbocycles. The summed E-state index contributed by atoms with van der Waals surface area (Å²) in [5.74, 6) is -0.459. The number of pyridine rings is 1. The Bertz CT molecular complexity index is 1230. The molecule has 0 spiro atoms. The number of carbonyl (C=O) groups excluding carboxylic acids is 2. The van der Waals surface area contributed by atoms with Crippen molar-refractivity contribution in [2.45, 2.75) is 78.4 Å². The van der Waals surface area contributed by atoms with Gasteiger partial charge >= 0.3 is 0 Å². The van der Waals surface area contributed by atoms with Crippen LogP contribution in [0, 0.1) is 19.8 Å². The average molecular weight is 477 g/mol. The summed E-state index contributed by atoms with van der Waals surface area (Å²) in [5, 5.41) is 12.1. The second-order valence-electron chi connectivity index (χ2n) is 9.63. The Labute approximate surface area is 206 Å². The molecule has 8 heteroatoms. The van der Waals surface area contributed by atoms with Crippen molar-refractivity contribution in [3.05, 3.63) is 52.8 Å². The van der Waals surface area contributed by atoms with Gasteiger partial charge in [-0.25, -0.2) is 9.67 Å². The quantitative estimate of drug-likeness (QED) is 0.446. The van der Waals surface area contributed by atoms with E-state index >= 15 is 0 Å². The molecule has 1 aliphatic rings. The zero-order valence-corrected chi connectivity index (χ0v) is 21.1. The molecule has 0 radical (unpaired) electrons. The van der Waals surface area contributed by atoms with E-state index in [1.165, 1.54) is 11.1 Å². The molecule has 2 amide bonds. The Balaban J connectivity index is 1.64. The number of aromatic nitrogens is 3. The molecule has 1 saturated carbocycles. The number of hydrogen-bond donors (Lipinski definition) is 3. The molecule has 4 N–H and O–H groups in total. The number of carbonyl (C=O) groups is 2. The molecular formula is C27H36N6O2. The summed E-state index contributed by atoms with van der Waals surface area (Å²) in [7, 11) is 0. The zero-order valence-electron chi connectivity index (χ0n) is 21.1. The summed E-state index contributed by atoms with van der Waals surface area (Å²) in [6.07, 6.45) is 7.35. The van der Waals surface area contributed by atoms with E-state index in [2.05, 4.69) is 59.7 Å². The van der Waals surface area contributed by atoms with Crippen LogP contribution in [0.3, 0.4) is 0 Å². The molecular weight excluding hydrogens is 440 g/mol. The predicted molar refractivity (Wildman–Crippen MR) is 138 cm³/mol. The maximum absolute atomic E-state index is 13.6. The van der Waals surface area contributed by atoms with Gasteiger partial charge in [0.15, 0.2) is 5.65 Å². The summed E-state index contributed by atoms with van der Waals surface area (Å²) >= 11 is 0. The summed E-state index contributed by atoms with van der Waals surface area (Å²) < 4.78 is 1.83. The van der Waals surface area contributed by atoms with Crippen LogP contribution >= 0.6 is 0 Å². The van der Waals surface area contributed by atoms with E-state index in [1.54, 1.807) is 12.4 Å². The molecule has 0 bridgehead atoms. The molecule has 0 saturated heterocycles. The summed E-state index contributed by atoms with van der Waals surface area (Å²) in [6.45, 7) is 8.94. The number of fused-ring (bicyclic) bond motifs is 1. The molecule has 35 heavy (non-hydrogen) atoms. The first-order valence-corrected chi connectivity index (χ1v) is 12.6. The van der Waals surface area contributed by atoms with E-state index < -0.39 is 0 Å². The molecule has 1 fully saturated rings. The van der Waals surface area contributed by atoms with Gasteiger partial charge in [-0.3, -0.25) is 9.59 Å². The third kappa shape index (κ3) is 5.16. The number of anilines is 1. The van der Waals surface area contributed by atoms with E-state index in [4.69, 9.17) is 5.73 Å². The van der Waals surface area contributed by atoms with Gasteiger partial charge in [-0.2, -0.15) is 5.10 Å². The molecule has 186 valence electrons. The number of nitrogens with two attached hydrogens (primary N) is 1. The Hall–Kier alpha value is -3.42. The number of nitrogens with one attached hydrogen (secondary N) is 2. The SMILES string of the molecule is CCC(NC(=O)c1cnc2c(cnn2CC)c1NC1CCC(C(N)=O)CC1)c1ccc(C)cc1C. The lowest BCUT2D eigenvalue weighted by Gasteiger charge is -2.29. The second-order valence-corrected chi connectivity index (χ2v) is 9.63. The summed E-state index contributed by atoms with van der Waals surface area (Å²) in [5.41, 5.74) is 11.0. The highest BCUT2D eigenvalue weighted by Crippen LogP contribution is 2.32. The fraction of sp³-hybridized carbons (Fsp3) is 0.481. The van der Waals surface area contributed by atoms with Crippen LogP contribution < -0.4 is 16.4 Å². The number of nitrogens with zero attached hydrogens (tertiary/aromatic N) is 3. The van der Waals surface area contributed by atoms with Crippen molar-refractivity contribution in [1.29, 1.82) is 0 Å². The van der Waals surface area contributed by atoms with Crippen LogP contribution in [-0.2, 0) is 11.3 Å². The molecule has 2 heterocycles. The number of benzene rings is 1. The molecule has 0 aliphatic heterocycles. The van der Waals surface area contributed by atoms with Crippen LogP contribution in [0.25, 0.3) is 11.0 Å². The van der Waals surface area contributed by atoms with E-state index in [0.717, 1.165) is 54.4 Å². The Kier molecular flexibility index (Phi) is 7.38. The molecule has 1 unspecified atom stereocenters. The van der Waals surface area contributed by atoms with Gasteiger partial charge in [0.25, 0.3) is 5.91 Å². The largest absolute Gasteiger partial charge is 0.381 e. The number of amides is 2. The van der Waals surface area contributed by atoms with Gasteiger partial charge in [0.2, 0.25) is 5.91 Å². The second kappa shape index (κ2) is 10.5. The van der Waals surface area contributed by atoms with E-state index in [9.17, 15) is 9.59 Å². The third-order valence-corrected chi connectivity index (χ3v) is 7.20. The van der Waals surface area contributed by atoms with E-state index in [0.29, 0.717) is 12.1 Å². The maximum Gasteiger partial charge on any atom is 0.255 e. The van der Waals surface area contributed by atoms with Crippen molar-refractivity contribution in [2.75, 3.05) is 5.32 Å². The van der Waals surface area contributed by atoms with Crippen molar-refractivity contribution in [1.82, 2.24) is 20.1 Å². The minimum Gasteiger partial charge on any atom is -0.381 e. The minimum atomic E-state index is -0.226. The highest BCUT2D eigenvalue weighted by Gasteiger charge is 2.27. The van der Waals surface area contributed by atoms with Crippen molar-refractivity contribution < 1.29 is 9.59 Å². The first-order chi connectivity index (χ1) is 16.8. The highest BCUT2D eigenvalue weighted by atomic mass is 16.2. The third-order valence-electron chi connectivity index (χ3n) is 7.20. The van der Waals surface area contributed by atoms with Gasteiger partial charge in [-0.1, -0.05) is 30.7 Å². The summed E-state index contributed by atoms with van der Waals surface area (Å²) in [4.78, 5) is 29.8. The molecule has 2 aromatic heterocycles. The fourth-order valence-corrected chi connectivity index (χ4v) is 5.16. The lowest BCUT2D eigenvalue weighted by atomic mass is 9.85. The maximum atomic E-state index is 13.6. The average Bonchev–Trinajstić information content (AvgIpc) is 3.27. The number of aryl methyl sites for hydroxylation is 3. The predicted octanol–water partition coefficient (Wildman–Crippen LogP) is 4.41. The molecule has 3 aromatic rings. The lowest BCUT2D eigenvalue weighted by molar-refractivity contribution is -0.122. The van der Waals surface area contributed by atoms with Crippen LogP contribution in [-0.4, -0.2) is 32.6 Å². The standard InChI is InChI=1S/C27H36N6O2/c1-5-23(20-12-7-16(3)13-17(20)4)32-27(35)22-14-29-26-21(15-30-33(26)6-2)24(22)31-19-10-8-18(9-11-19)25(28)34/h7,12-15,18-19,23H,5-6,8-11H2,1-4H3,(H2,28,34)(H,29,31)(H,32,35). The van der Waals surface area contributed by atoms with Crippen molar-refractivity contribution in [3.8, 4) is 0 Å². The first-order valence-electron chi connectivity index (χ1n) is 12.6. The van der Waals surface area contributed by atoms with Crippen LogP contribution in [0.1, 0.15) is 79.0 Å². The molecule has 4 rings (SSSR count). The van der Waals surface area contributed by atoms with Gasteiger partial charge in [-0.15, -0.1) is 0 Å². The molecule has 1 atom stereocenters. The normalized spacial score (nSPS) is 18.9. The number of primary amides is 1. The lowest BCUT2D eigenvalue weighted by Crippen LogP contribution is -2.34. The van der Waals surface area contributed by atoms with Gasteiger partial charge in [0, 0.05) is 24.7 Å². The van der Waals surface area contributed by atoms with Crippen LogP contribution in [0.4, 0.5) is 5.69 Å². The van der Waals surface area contributed by atoms with Crippen LogP contribution in [0.15, 0.2) is 30.6 Å². The van der Waals surface area contributed by atoms with E-state index in [-0.39, 0.29) is 29.8 Å². The van der Waals surface area contributed by atoms with Gasteiger partial charge in [0.1, 0.15) is 0 Å². The number of hydrogen-bond acceptors (Lipinski definition) is 5. The first kappa shape index (κ1) is 24.7. The van der Waals surface area contributed by atoms with Crippen LogP contribution in [0.2, 0.25) is 0 Å². The number of rotatable bonds is 8. The summed E-state index contributed by atoms with van der Waals surface area (Å²) in [6, 6.07) is 6.37. The van der Waals surface area contributed by atoms with Gasteiger partial charge < -0.3 is 16.4 Å². The minimum absolute atomic E-state index is 0.0702. The fourth-order valence-electron chi connectivity index (χ4n) is 5.16. The van der Waals surface area contributed by atoms with Crippen molar-refractivity contribution in [2.24, 2.45) is 11.7 Å². The zero-order chi connectivity index (χ0) is 25.1.